The summed E-state index contributed by atoms with van der Waals surface area (Å²) in [7, 11) is -3.80. The third-order valence-electron chi connectivity index (χ3n) is 4.33. The van der Waals surface area contributed by atoms with E-state index in [2.05, 4.69) is 10.0 Å². The molecular weight excluding hydrogens is 366 g/mol. The maximum Gasteiger partial charge on any atom is 0.321 e. The number of amides is 2. The first kappa shape index (κ1) is 18.9. The molecule has 0 aromatic heterocycles. The van der Waals surface area contributed by atoms with E-state index in [0.717, 1.165) is 25.9 Å². The van der Waals surface area contributed by atoms with Crippen molar-refractivity contribution in [2.24, 2.45) is 0 Å². The lowest BCUT2D eigenvalue weighted by atomic mass is 10.1. The van der Waals surface area contributed by atoms with Crippen molar-refractivity contribution < 1.29 is 18.0 Å². The molecule has 27 heavy (non-hydrogen) atoms. The molecule has 0 unspecified atom stereocenters. The number of likely N-dealkylation sites (tertiary alicyclic amines) is 1. The summed E-state index contributed by atoms with van der Waals surface area (Å²) in [6.07, 6.45) is 2.00. The number of nitrogens with zero attached hydrogens (tertiary/aromatic N) is 1. The van der Waals surface area contributed by atoms with E-state index in [1.165, 1.54) is 25.1 Å². The lowest BCUT2D eigenvalue weighted by Crippen LogP contribution is -2.32. The summed E-state index contributed by atoms with van der Waals surface area (Å²) in [6.45, 7) is 2.89. The number of ketones is 1. The number of sulfonamides is 1. The largest absolute Gasteiger partial charge is 0.325 e. The molecule has 1 fully saturated rings. The van der Waals surface area contributed by atoms with Crippen LogP contribution in [0.1, 0.15) is 30.1 Å². The van der Waals surface area contributed by atoms with Gasteiger partial charge in [-0.2, -0.15) is 0 Å². The van der Waals surface area contributed by atoms with Crippen LogP contribution in [0.3, 0.4) is 0 Å². The molecule has 8 heteroatoms. The quantitative estimate of drug-likeness (QED) is 0.770. The molecule has 2 aromatic carbocycles. The Labute approximate surface area is 158 Å². The van der Waals surface area contributed by atoms with Crippen LogP contribution in [-0.4, -0.2) is 38.2 Å². The van der Waals surface area contributed by atoms with Crippen LogP contribution in [0, 0.1) is 0 Å². The Morgan fingerprint density at radius 1 is 0.963 bits per heavy atom. The smallest absolute Gasteiger partial charge is 0.321 e. The van der Waals surface area contributed by atoms with Crippen molar-refractivity contribution in [2.45, 2.75) is 24.7 Å². The summed E-state index contributed by atoms with van der Waals surface area (Å²) in [5.74, 6) is -0.144. The van der Waals surface area contributed by atoms with Gasteiger partial charge in [-0.1, -0.05) is 12.1 Å². The van der Waals surface area contributed by atoms with Crippen molar-refractivity contribution in [3.63, 3.8) is 0 Å². The van der Waals surface area contributed by atoms with Gasteiger partial charge < -0.3 is 10.2 Å². The van der Waals surface area contributed by atoms with Crippen molar-refractivity contribution >= 4 is 33.2 Å². The van der Waals surface area contributed by atoms with Gasteiger partial charge in [0, 0.05) is 30.0 Å². The van der Waals surface area contributed by atoms with Crippen LogP contribution >= 0.6 is 0 Å². The number of urea groups is 1. The van der Waals surface area contributed by atoms with E-state index in [1.807, 2.05) is 0 Å². The fourth-order valence-corrected chi connectivity index (χ4v) is 3.91. The molecule has 0 atom stereocenters. The lowest BCUT2D eigenvalue weighted by molar-refractivity contribution is 0.101. The average Bonchev–Trinajstić information content (AvgIpc) is 3.17. The van der Waals surface area contributed by atoms with Crippen molar-refractivity contribution in [3.05, 3.63) is 54.1 Å². The summed E-state index contributed by atoms with van der Waals surface area (Å²) in [5, 5.41) is 2.77. The normalized spacial score (nSPS) is 14.0. The maximum absolute atomic E-state index is 12.5. The molecule has 2 amide bonds. The zero-order valence-electron chi connectivity index (χ0n) is 14.9. The van der Waals surface area contributed by atoms with Crippen molar-refractivity contribution in [2.75, 3.05) is 23.1 Å². The van der Waals surface area contributed by atoms with Crippen LogP contribution in [0.5, 0.6) is 0 Å². The Balaban J connectivity index is 1.70. The van der Waals surface area contributed by atoms with Crippen LogP contribution in [0.4, 0.5) is 16.2 Å². The van der Waals surface area contributed by atoms with Crippen LogP contribution in [-0.2, 0) is 10.0 Å². The minimum absolute atomic E-state index is 0.0647. The summed E-state index contributed by atoms with van der Waals surface area (Å²) in [6, 6.07) is 12.1. The van der Waals surface area contributed by atoms with Crippen LogP contribution < -0.4 is 10.0 Å². The van der Waals surface area contributed by atoms with Gasteiger partial charge in [-0.05, 0) is 56.2 Å². The highest BCUT2D eigenvalue weighted by Gasteiger charge is 2.19. The summed E-state index contributed by atoms with van der Waals surface area (Å²) < 4.78 is 27.5. The highest BCUT2D eigenvalue weighted by molar-refractivity contribution is 7.92. The van der Waals surface area contributed by atoms with Gasteiger partial charge in [-0.25, -0.2) is 13.2 Å². The van der Waals surface area contributed by atoms with E-state index < -0.39 is 10.0 Å². The van der Waals surface area contributed by atoms with Crippen molar-refractivity contribution in [1.29, 1.82) is 0 Å². The summed E-state index contributed by atoms with van der Waals surface area (Å²) in [4.78, 5) is 25.3. The lowest BCUT2D eigenvalue weighted by Gasteiger charge is -2.16. The summed E-state index contributed by atoms with van der Waals surface area (Å²) in [5.41, 5.74) is 1.27. The molecule has 2 N–H and O–H groups in total. The Bertz CT molecular complexity index is 949. The third-order valence-corrected chi connectivity index (χ3v) is 5.73. The van der Waals surface area contributed by atoms with Gasteiger partial charge >= 0.3 is 6.03 Å². The Morgan fingerprint density at radius 3 is 2.26 bits per heavy atom. The Kier molecular flexibility index (Phi) is 5.46. The highest BCUT2D eigenvalue weighted by atomic mass is 32.2. The number of nitrogens with one attached hydrogen (secondary N) is 2. The molecule has 142 valence electrons. The predicted molar refractivity (Wildman–Crippen MR) is 104 cm³/mol. The topological polar surface area (TPSA) is 95.6 Å². The highest BCUT2D eigenvalue weighted by Crippen LogP contribution is 2.20. The second kappa shape index (κ2) is 7.79. The molecule has 0 spiro atoms. The van der Waals surface area contributed by atoms with Gasteiger partial charge in [-0.3, -0.25) is 9.52 Å². The minimum atomic E-state index is -3.80. The number of benzene rings is 2. The second-order valence-electron chi connectivity index (χ2n) is 6.39. The second-order valence-corrected chi connectivity index (χ2v) is 8.07. The standard InChI is InChI=1S/C19H21N3O4S/c1-14(23)15-5-4-6-17(13-15)21-27(25,26)18-9-7-16(8-10-18)20-19(24)22-11-2-3-12-22/h4-10,13,21H,2-3,11-12H2,1H3,(H,20,24). The predicted octanol–water partition coefficient (Wildman–Crippen LogP) is 3.32. The molecular formula is C19H21N3O4S. The zero-order chi connectivity index (χ0) is 19.4. The fourth-order valence-electron chi connectivity index (χ4n) is 2.86. The molecule has 1 aliphatic rings. The molecule has 2 aromatic rings. The number of hydrogen-bond donors (Lipinski definition) is 2. The van der Waals surface area contributed by atoms with Crippen molar-refractivity contribution in [1.82, 2.24) is 4.90 Å². The molecule has 7 nitrogen and oxygen atoms in total. The third kappa shape index (κ3) is 4.65. The van der Waals surface area contributed by atoms with E-state index in [4.69, 9.17) is 0 Å². The SMILES string of the molecule is CC(=O)c1cccc(NS(=O)(=O)c2ccc(NC(=O)N3CCCC3)cc2)c1. The fraction of sp³-hybridized carbons (Fsp3) is 0.263. The van der Waals surface area contributed by atoms with Crippen LogP contribution in [0.25, 0.3) is 0 Å². The van der Waals surface area contributed by atoms with Crippen LogP contribution in [0.2, 0.25) is 0 Å². The van der Waals surface area contributed by atoms with Crippen LogP contribution in [0.15, 0.2) is 53.4 Å². The van der Waals surface area contributed by atoms with Gasteiger partial charge in [0.15, 0.2) is 5.78 Å². The molecule has 0 aliphatic carbocycles. The minimum Gasteiger partial charge on any atom is -0.325 e. The number of Topliss-reactive ketones (excluding diaryl/α,β-unsaturated/α-hetero) is 1. The van der Waals surface area contributed by atoms with E-state index in [1.54, 1.807) is 35.2 Å². The Morgan fingerprint density at radius 2 is 1.63 bits per heavy atom. The van der Waals surface area contributed by atoms with Crippen molar-refractivity contribution in [3.8, 4) is 0 Å². The number of carbonyl (C=O) groups excluding carboxylic acids is 2. The zero-order valence-corrected chi connectivity index (χ0v) is 15.8. The van der Waals surface area contributed by atoms with Gasteiger partial charge in [0.25, 0.3) is 10.0 Å². The molecule has 1 heterocycles. The van der Waals surface area contributed by atoms with Gasteiger partial charge in [0.1, 0.15) is 0 Å². The van der Waals surface area contributed by atoms with Gasteiger partial charge in [0.2, 0.25) is 0 Å². The molecule has 3 rings (SSSR count). The number of carbonyl (C=O) groups is 2. The molecule has 1 saturated heterocycles. The molecule has 0 radical (unpaired) electrons. The first-order valence-corrected chi connectivity index (χ1v) is 10.1. The number of anilines is 2. The Hall–Kier alpha value is -2.87. The van der Waals surface area contributed by atoms with E-state index in [0.29, 0.717) is 16.9 Å². The van der Waals surface area contributed by atoms with E-state index >= 15 is 0 Å². The number of rotatable bonds is 5. The first-order valence-electron chi connectivity index (χ1n) is 8.65. The van der Waals surface area contributed by atoms with Gasteiger partial charge in [-0.15, -0.1) is 0 Å². The van der Waals surface area contributed by atoms with E-state index in [-0.39, 0.29) is 16.7 Å². The first-order chi connectivity index (χ1) is 12.8. The monoisotopic (exact) mass is 387 g/mol. The van der Waals surface area contributed by atoms with Gasteiger partial charge in [0.05, 0.1) is 4.90 Å². The molecule has 1 aliphatic heterocycles. The molecule has 0 saturated carbocycles. The summed E-state index contributed by atoms with van der Waals surface area (Å²) >= 11 is 0. The molecule has 0 bridgehead atoms. The van der Waals surface area contributed by atoms with E-state index in [9.17, 15) is 18.0 Å². The maximum atomic E-state index is 12.5. The average molecular weight is 387 g/mol. The number of hydrogen-bond acceptors (Lipinski definition) is 4.